The van der Waals surface area contributed by atoms with Crippen LogP contribution in [0.3, 0.4) is 0 Å². The van der Waals surface area contributed by atoms with E-state index in [4.69, 9.17) is 44.3 Å². The molecule has 2 aromatic carbocycles. The Morgan fingerprint density at radius 1 is 0.893 bits per heavy atom. The summed E-state index contributed by atoms with van der Waals surface area (Å²) in [5.41, 5.74) is 2.00. The van der Waals surface area contributed by atoms with Crippen LogP contribution in [-0.4, -0.2) is 13.2 Å². The van der Waals surface area contributed by atoms with Crippen LogP contribution in [0.25, 0.3) is 0 Å². The van der Waals surface area contributed by atoms with Gasteiger partial charge in [0.05, 0.1) is 22.2 Å². The Labute approximate surface area is 182 Å². The van der Waals surface area contributed by atoms with E-state index in [1.54, 1.807) is 19.2 Å². The van der Waals surface area contributed by atoms with Gasteiger partial charge in [-0.1, -0.05) is 66.6 Å². The van der Waals surface area contributed by atoms with Crippen molar-refractivity contribution in [1.82, 2.24) is 5.32 Å². The molecule has 1 aliphatic carbocycles. The van der Waals surface area contributed by atoms with Crippen molar-refractivity contribution in [3.8, 4) is 11.5 Å². The fourth-order valence-electron chi connectivity index (χ4n) is 3.55. The Morgan fingerprint density at radius 3 is 2.29 bits per heavy atom. The maximum Gasteiger partial charge on any atom is 0.180 e. The molecular formula is C22H26Cl3NO2. The molecular weight excluding hydrogens is 417 g/mol. The predicted octanol–water partition coefficient (Wildman–Crippen LogP) is 7.05. The lowest BCUT2D eigenvalue weighted by molar-refractivity contribution is 0.284. The van der Waals surface area contributed by atoms with E-state index in [-0.39, 0.29) is 0 Å². The fraction of sp³-hybridized carbons (Fsp3) is 0.455. The Morgan fingerprint density at radius 2 is 1.61 bits per heavy atom. The van der Waals surface area contributed by atoms with Crippen molar-refractivity contribution in [3.63, 3.8) is 0 Å². The summed E-state index contributed by atoms with van der Waals surface area (Å²) < 4.78 is 11.5. The molecule has 1 aliphatic rings. The maximum absolute atomic E-state index is 6.50. The van der Waals surface area contributed by atoms with Crippen LogP contribution in [-0.2, 0) is 13.2 Å². The minimum atomic E-state index is 0.326. The molecule has 152 valence electrons. The highest BCUT2D eigenvalue weighted by Gasteiger charge is 2.15. The molecule has 0 heterocycles. The van der Waals surface area contributed by atoms with Crippen LogP contribution < -0.4 is 14.8 Å². The zero-order valence-corrected chi connectivity index (χ0v) is 18.3. The molecule has 1 saturated carbocycles. The van der Waals surface area contributed by atoms with Gasteiger partial charge in [0.1, 0.15) is 6.61 Å². The molecule has 0 aliphatic heterocycles. The van der Waals surface area contributed by atoms with Gasteiger partial charge < -0.3 is 14.8 Å². The molecule has 1 fully saturated rings. The van der Waals surface area contributed by atoms with E-state index in [1.165, 1.54) is 38.5 Å². The number of nitrogens with one attached hydrogen (secondary N) is 1. The lowest BCUT2D eigenvalue weighted by atomic mass is 10.1. The summed E-state index contributed by atoms with van der Waals surface area (Å²) in [5.74, 6) is 1.17. The van der Waals surface area contributed by atoms with E-state index >= 15 is 0 Å². The topological polar surface area (TPSA) is 30.5 Å². The van der Waals surface area contributed by atoms with E-state index in [9.17, 15) is 0 Å². The molecule has 0 atom stereocenters. The number of halogens is 3. The Kier molecular flexibility index (Phi) is 8.16. The quantitative estimate of drug-likeness (QED) is 0.466. The third kappa shape index (κ3) is 5.93. The zero-order chi connectivity index (χ0) is 19.9. The average Bonchev–Trinajstić information content (AvgIpc) is 2.96. The molecule has 0 spiro atoms. The van der Waals surface area contributed by atoms with Crippen LogP contribution in [0, 0.1) is 0 Å². The van der Waals surface area contributed by atoms with Gasteiger partial charge in [0.15, 0.2) is 11.5 Å². The van der Waals surface area contributed by atoms with Crippen molar-refractivity contribution in [2.24, 2.45) is 0 Å². The molecule has 3 nitrogen and oxygen atoms in total. The summed E-state index contributed by atoms with van der Waals surface area (Å²) >= 11 is 18.5. The van der Waals surface area contributed by atoms with Crippen LogP contribution in [0.1, 0.15) is 49.7 Å². The lowest BCUT2D eigenvalue weighted by Crippen LogP contribution is -2.27. The highest BCUT2D eigenvalue weighted by molar-refractivity contribution is 6.42. The minimum Gasteiger partial charge on any atom is -0.493 e. The SMILES string of the molecule is COc1cc(CNC2CCCCCC2)cc(Cl)c1OCc1ccc(Cl)c(Cl)c1. The number of methoxy groups -OCH3 is 1. The second-order valence-electron chi connectivity index (χ2n) is 7.22. The number of ether oxygens (including phenoxy) is 2. The lowest BCUT2D eigenvalue weighted by Gasteiger charge is -2.18. The van der Waals surface area contributed by atoms with Gasteiger partial charge in [-0.05, 0) is 48.2 Å². The summed E-state index contributed by atoms with van der Waals surface area (Å²) in [6.07, 6.45) is 7.81. The summed E-state index contributed by atoms with van der Waals surface area (Å²) in [6, 6.07) is 9.92. The van der Waals surface area contributed by atoms with Gasteiger partial charge in [-0.15, -0.1) is 0 Å². The monoisotopic (exact) mass is 441 g/mol. The largest absolute Gasteiger partial charge is 0.493 e. The molecule has 0 bridgehead atoms. The first kappa shape index (κ1) is 21.6. The van der Waals surface area contributed by atoms with E-state index in [0.29, 0.717) is 39.2 Å². The second kappa shape index (κ2) is 10.6. The van der Waals surface area contributed by atoms with Crippen molar-refractivity contribution in [2.75, 3.05) is 7.11 Å². The highest BCUT2D eigenvalue weighted by atomic mass is 35.5. The second-order valence-corrected chi connectivity index (χ2v) is 8.44. The third-order valence-electron chi connectivity index (χ3n) is 5.11. The molecule has 1 N–H and O–H groups in total. The first-order valence-electron chi connectivity index (χ1n) is 9.73. The van der Waals surface area contributed by atoms with Crippen molar-refractivity contribution in [2.45, 2.75) is 57.7 Å². The summed E-state index contributed by atoms with van der Waals surface area (Å²) in [4.78, 5) is 0. The van der Waals surface area contributed by atoms with Crippen molar-refractivity contribution >= 4 is 34.8 Å². The Balaban J connectivity index is 1.65. The van der Waals surface area contributed by atoms with Crippen molar-refractivity contribution < 1.29 is 9.47 Å². The van der Waals surface area contributed by atoms with E-state index < -0.39 is 0 Å². The molecule has 0 amide bonds. The molecule has 0 aromatic heterocycles. The van der Waals surface area contributed by atoms with Crippen LogP contribution in [0.5, 0.6) is 11.5 Å². The van der Waals surface area contributed by atoms with Crippen LogP contribution >= 0.6 is 34.8 Å². The third-order valence-corrected chi connectivity index (χ3v) is 6.13. The van der Waals surface area contributed by atoms with E-state index in [0.717, 1.165) is 17.7 Å². The molecule has 3 rings (SSSR count). The molecule has 0 radical (unpaired) electrons. The van der Waals surface area contributed by atoms with Crippen LogP contribution in [0.2, 0.25) is 15.1 Å². The number of benzene rings is 2. The standard InChI is InChI=1S/C22H26Cl3NO2/c1-27-21-12-16(13-26-17-6-4-2-3-5-7-17)11-20(25)22(21)28-14-15-8-9-18(23)19(24)10-15/h8-12,17,26H,2-7,13-14H2,1H3. The molecule has 28 heavy (non-hydrogen) atoms. The molecule has 2 aromatic rings. The van der Waals surface area contributed by atoms with Gasteiger partial charge in [-0.25, -0.2) is 0 Å². The number of hydrogen-bond acceptors (Lipinski definition) is 3. The van der Waals surface area contributed by atoms with Crippen molar-refractivity contribution in [1.29, 1.82) is 0 Å². The van der Waals surface area contributed by atoms with Crippen molar-refractivity contribution in [3.05, 3.63) is 56.5 Å². The predicted molar refractivity (Wildman–Crippen MR) is 117 cm³/mol. The average molecular weight is 443 g/mol. The highest BCUT2D eigenvalue weighted by Crippen LogP contribution is 2.37. The normalized spacial score (nSPS) is 15.3. The van der Waals surface area contributed by atoms with E-state index in [2.05, 4.69) is 5.32 Å². The maximum atomic E-state index is 6.50. The fourth-order valence-corrected chi connectivity index (χ4v) is 4.15. The molecule has 6 heteroatoms. The Bertz CT molecular complexity index is 790. The van der Waals surface area contributed by atoms with Crippen LogP contribution in [0.4, 0.5) is 0 Å². The first-order valence-corrected chi connectivity index (χ1v) is 10.9. The van der Waals surface area contributed by atoms with Gasteiger partial charge in [0, 0.05) is 12.6 Å². The number of rotatable bonds is 7. The summed E-state index contributed by atoms with van der Waals surface area (Å²) in [5, 5.41) is 5.22. The summed E-state index contributed by atoms with van der Waals surface area (Å²) in [7, 11) is 1.63. The van der Waals surface area contributed by atoms with Gasteiger partial charge in [0.2, 0.25) is 0 Å². The minimum absolute atomic E-state index is 0.326. The number of hydrogen-bond donors (Lipinski definition) is 1. The molecule has 0 saturated heterocycles. The summed E-state index contributed by atoms with van der Waals surface area (Å²) in [6.45, 7) is 1.10. The van der Waals surface area contributed by atoms with Crippen LogP contribution in [0.15, 0.2) is 30.3 Å². The van der Waals surface area contributed by atoms with Gasteiger partial charge in [-0.3, -0.25) is 0 Å². The van der Waals surface area contributed by atoms with Gasteiger partial charge >= 0.3 is 0 Å². The van der Waals surface area contributed by atoms with E-state index in [1.807, 2.05) is 18.2 Å². The van der Waals surface area contributed by atoms with Gasteiger partial charge in [-0.2, -0.15) is 0 Å². The molecule has 0 unspecified atom stereocenters. The van der Waals surface area contributed by atoms with Gasteiger partial charge in [0.25, 0.3) is 0 Å². The smallest absolute Gasteiger partial charge is 0.180 e. The first-order chi connectivity index (χ1) is 13.6. The Hall–Kier alpha value is -1.13. The zero-order valence-electron chi connectivity index (χ0n) is 16.1.